The summed E-state index contributed by atoms with van der Waals surface area (Å²) in [6, 6.07) is 13.0. The number of hydrogen-bond acceptors (Lipinski definition) is 5. The fraction of sp³-hybridized carbons (Fsp3) is 0.118. The lowest BCUT2D eigenvalue weighted by Crippen LogP contribution is -1.92. The van der Waals surface area contributed by atoms with Crippen LogP contribution in [0.2, 0.25) is 0 Å². The number of aromatic nitrogens is 4. The van der Waals surface area contributed by atoms with Gasteiger partial charge in [0.1, 0.15) is 11.8 Å². The number of thioether (sulfide) groups is 1. The Morgan fingerprint density at radius 1 is 1.12 bits per heavy atom. The lowest BCUT2D eigenvalue weighted by atomic mass is 10.2. The van der Waals surface area contributed by atoms with Gasteiger partial charge in [0, 0.05) is 10.6 Å². The first kappa shape index (κ1) is 17.0. The third kappa shape index (κ3) is 3.32. The highest BCUT2D eigenvalue weighted by molar-refractivity contribution is 7.98. The fourth-order valence-electron chi connectivity index (χ4n) is 2.44. The van der Waals surface area contributed by atoms with Gasteiger partial charge in [-0.1, -0.05) is 41.7 Å². The van der Waals surface area contributed by atoms with Gasteiger partial charge >= 0.3 is 0 Å². The van der Waals surface area contributed by atoms with Gasteiger partial charge in [-0.2, -0.15) is 0 Å². The minimum Gasteiger partial charge on any atom is -0.273 e. The van der Waals surface area contributed by atoms with Crippen LogP contribution in [-0.4, -0.2) is 19.7 Å². The van der Waals surface area contributed by atoms with E-state index in [0.717, 1.165) is 21.8 Å². The molecule has 132 valence electrons. The van der Waals surface area contributed by atoms with Crippen molar-refractivity contribution in [3.05, 3.63) is 65.2 Å². The topological polar surface area (TPSA) is 43.6 Å². The smallest absolute Gasteiger partial charge is 0.273 e. The van der Waals surface area contributed by atoms with Crippen LogP contribution in [0.15, 0.2) is 53.7 Å². The normalized spacial score (nSPS) is 11.5. The third-order valence-corrected chi connectivity index (χ3v) is 5.63. The van der Waals surface area contributed by atoms with Crippen LogP contribution < -0.4 is 0 Å². The van der Waals surface area contributed by atoms with Crippen LogP contribution in [0, 0.1) is 5.82 Å². The molecule has 0 aliphatic carbocycles. The van der Waals surface area contributed by atoms with Crippen molar-refractivity contribution >= 4 is 34.1 Å². The summed E-state index contributed by atoms with van der Waals surface area (Å²) in [7, 11) is 0. The van der Waals surface area contributed by atoms with Gasteiger partial charge in [-0.3, -0.25) is 4.57 Å². The number of benzene rings is 2. The largest absolute Gasteiger partial charge is 0.291 e. The second kappa shape index (κ2) is 7.08. The molecule has 0 radical (unpaired) electrons. The first-order valence-corrected chi connectivity index (χ1v) is 9.37. The molecule has 0 atom stereocenters. The molecule has 0 amide bonds. The zero-order valence-electron chi connectivity index (χ0n) is 13.1. The van der Waals surface area contributed by atoms with Crippen molar-refractivity contribution in [2.24, 2.45) is 0 Å². The molecule has 0 N–H and O–H groups in total. The second-order valence-electron chi connectivity index (χ2n) is 5.39. The predicted octanol–water partition coefficient (Wildman–Crippen LogP) is 5.25. The van der Waals surface area contributed by atoms with Gasteiger partial charge in [0.2, 0.25) is 5.13 Å². The third-order valence-electron chi connectivity index (χ3n) is 3.65. The van der Waals surface area contributed by atoms with Crippen molar-refractivity contribution in [1.82, 2.24) is 19.7 Å². The first-order valence-electron chi connectivity index (χ1n) is 7.57. The Balaban J connectivity index is 1.68. The van der Waals surface area contributed by atoms with E-state index in [4.69, 9.17) is 0 Å². The molecule has 2 aromatic carbocycles. The van der Waals surface area contributed by atoms with Gasteiger partial charge in [0.25, 0.3) is 6.43 Å². The van der Waals surface area contributed by atoms with E-state index in [-0.39, 0.29) is 15.7 Å². The highest BCUT2D eigenvalue weighted by atomic mass is 32.2. The fourth-order valence-corrected chi connectivity index (χ4v) is 4.03. The molecule has 4 aromatic rings. The number of fused-ring (bicyclic) bond motifs is 1. The van der Waals surface area contributed by atoms with Gasteiger partial charge in [0.05, 0.1) is 5.52 Å². The molecule has 4 nitrogen and oxygen atoms in total. The predicted molar refractivity (Wildman–Crippen MR) is 95.5 cm³/mol. The van der Waals surface area contributed by atoms with Crippen molar-refractivity contribution in [3.63, 3.8) is 0 Å². The van der Waals surface area contributed by atoms with E-state index < -0.39 is 12.2 Å². The molecule has 9 heteroatoms. The summed E-state index contributed by atoms with van der Waals surface area (Å²) < 4.78 is 41.4. The van der Waals surface area contributed by atoms with Gasteiger partial charge in [-0.25, -0.2) is 18.2 Å². The van der Waals surface area contributed by atoms with E-state index >= 15 is 0 Å². The molecule has 0 bridgehead atoms. The molecule has 0 saturated heterocycles. The van der Waals surface area contributed by atoms with Crippen LogP contribution in [0.5, 0.6) is 0 Å². The van der Waals surface area contributed by atoms with Crippen LogP contribution in [0.25, 0.3) is 16.2 Å². The number of hydrogen-bond donors (Lipinski definition) is 0. The molecule has 4 rings (SSSR count). The number of imidazole rings is 1. The van der Waals surface area contributed by atoms with E-state index in [1.165, 1.54) is 28.7 Å². The molecular formula is C17H11F3N4S2. The zero-order chi connectivity index (χ0) is 18.1. The molecule has 0 fully saturated rings. The summed E-state index contributed by atoms with van der Waals surface area (Å²) in [5, 5.41) is 7.09. The van der Waals surface area contributed by atoms with Crippen LogP contribution in [0.1, 0.15) is 17.0 Å². The summed E-state index contributed by atoms with van der Waals surface area (Å²) in [6.07, 6.45) is -1.32. The van der Waals surface area contributed by atoms with Crippen molar-refractivity contribution in [2.75, 3.05) is 0 Å². The van der Waals surface area contributed by atoms with E-state index in [2.05, 4.69) is 15.2 Å². The van der Waals surface area contributed by atoms with Crippen LogP contribution in [-0.2, 0) is 5.75 Å². The summed E-state index contributed by atoms with van der Waals surface area (Å²) in [6.45, 7) is 0. The highest BCUT2D eigenvalue weighted by Crippen LogP contribution is 2.31. The van der Waals surface area contributed by atoms with Gasteiger partial charge in [0.15, 0.2) is 10.8 Å². The Kier molecular flexibility index (Phi) is 4.64. The average Bonchev–Trinajstić information content (AvgIpc) is 3.28. The number of halogens is 3. The summed E-state index contributed by atoms with van der Waals surface area (Å²) >= 11 is 2.24. The van der Waals surface area contributed by atoms with E-state index in [1.807, 2.05) is 30.3 Å². The molecular weight excluding hydrogens is 381 g/mol. The lowest BCUT2D eigenvalue weighted by Gasteiger charge is -2.05. The van der Waals surface area contributed by atoms with Crippen LogP contribution >= 0.6 is 23.1 Å². The van der Waals surface area contributed by atoms with Crippen LogP contribution in [0.3, 0.4) is 0 Å². The first-order chi connectivity index (χ1) is 12.6. The molecule has 2 heterocycles. The van der Waals surface area contributed by atoms with Crippen molar-refractivity contribution in [2.45, 2.75) is 17.1 Å². The van der Waals surface area contributed by atoms with Crippen molar-refractivity contribution in [1.29, 1.82) is 0 Å². The van der Waals surface area contributed by atoms with E-state index in [1.54, 1.807) is 6.07 Å². The minimum atomic E-state index is -2.69. The Bertz CT molecular complexity index is 1050. The maximum Gasteiger partial charge on any atom is 0.291 e. The molecule has 0 spiro atoms. The van der Waals surface area contributed by atoms with Gasteiger partial charge < -0.3 is 0 Å². The number of rotatable bonds is 5. The maximum atomic E-state index is 14.4. The van der Waals surface area contributed by atoms with Gasteiger partial charge in [-0.15, -0.1) is 22.0 Å². The van der Waals surface area contributed by atoms with E-state index in [0.29, 0.717) is 11.3 Å². The number of alkyl halides is 2. The average molecular weight is 392 g/mol. The Morgan fingerprint density at radius 2 is 1.92 bits per heavy atom. The highest BCUT2D eigenvalue weighted by Gasteiger charge is 2.18. The summed E-state index contributed by atoms with van der Waals surface area (Å²) in [5.74, 6) is 0.226. The summed E-state index contributed by atoms with van der Waals surface area (Å²) in [4.78, 5) is 4.76. The minimum absolute atomic E-state index is 0.169. The molecule has 0 aliphatic heterocycles. The van der Waals surface area contributed by atoms with Crippen molar-refractivity contribution in [3.8, 4) is 5.13 Å². The number of nitrogens with zero attached hydrogens (tertiary/aromatic N) is 4. The zero-order valence-corrected chi connectivity index (χ0v) is 14.8. The molecule has 2 aromatic heterocycles. The molecule has 26 heavy (non-hydrogen) atoms. The SMILES string of the molecule is Fc1cc(SCc2ccccc2)cc2c1ncn2-c1nnc(C(F)F)s1. The Labute approximate surface area is 154 Å². The standard InChI is InChI=1S/C17H11F3N4S2/c18-12-6-11(25-8-10-4-2-1-3-5-10)7-13-14(12)21-9-24(13)17-23-22-16(26-17)15(19)20/h1-7,9,15H,8H2. The lowest BCUT2D eigenvalue weighted by molar-refractivity contribution is 0.150. The molecule has 0 unspecified atom stereocenters. The maximum absolute atomic E-state index is 14.4. The van der Waals surface area contributed by atoms with E-state index in [9.17, 15) is 13.2 Å². The quantitative estimate of drug-likeness (QED) is 0.435. The molecule has 0 aliphatic rings. The Morgan fingerprint density at radius 3 is 2.65 bits per heavy atom. The Hall–Kier alpha value is -2.39. The monoisotopic (exact) mass is 392 g/mol. The van der Waals surface area contributed by atoms with Crippen LogP contribution in [0.4, 0.5) is 13.2 Å². The van der Waals surface area contributed by atoms with Gasteiger partial charge in [-0.05, 0) is 17.7 Å². The second-order valence-corrected chi connectivity index (χ2v) is 7.42. The summed E-state index contributed by atoms with van der Waals surface area (Å²) in [5.41, 5.74) is 1.76. The van der Waals surface area contributed by atoms with Crippen molar-refractivity contribution < 1.29 is 13.2 Å². The molecule has 0 saturated carbocycles.